The molecule has 3 saturated carbocycles. The van der Waals surface area contributed by atoms with Crippen molar-refractivity contribution in [3.63, 3.8) is 0 Å². The second kappa shape index (κ2) is 3.84. The molecule has 0 aromatic carbocycles. The van der Waals surface area contributed by atoms with Crippen LogP contribution >= 0.6 is 12.6 Å². The number of carbonyl (C=O) groups is 1. The van der Waals surface area contributed by atoms with E-state index in [4.69, 9.17) is 4.74 Å². The van der Waals surface area contributed by atoms with Gasteiger partial charge in [-0.3, -0.25) is 0 Å². The van der Waals surface area contributed by atoms with Crippen molar-refractivity contribution in [3.05, 3.63) is 0 Å². The molecule has 0 aromatic heterocycles. The Morgan fingerprint density at radius 2 is 1.88 bits per heavy atom. The normalized spacial score (nSPS) is 43.8. The van der Waals surface area contributed by atoms with Crippen molar-refractivity contribution in [2.75, 3.05) is 0 Å². The molecular formula is C12H16F2O2S. The van der Waals surface area contributed by atoms with E-state index in [-0.39, 0.29) is 6.10 Å². The number of fused-ring (bicyclic) bond motifs is 5. The first-order valence-electron chi connectivity index (χ1n) is 6.28. The third kappa shape index (κ3) is 1.86. The molecule has 0 radical (unpaired) electrons. The number of hydrogen-bond donors (Lipinski definition) is 1. The van der Waals surface area contributed by atoms with Crippen LogP contribution < -0.4 is 0 Å². The van der Waals surface area contributed by atoms with Crippen molar-refractivity contribution in [1.82, 2.24) is 0 Å². The number of rotatable bonds is 2. The quantitative estimate of drug-likeness (QED) is 0.612. The van der Waals surface area contributed by atoms with Gasteiger partial charge in [-0.05, 0) is 49.4 Å². The molecule has 0 heterocycles. The molecule has 3 aliphatic carbocycles. The Labute approximate surface area is 104 Å². The number of thiol groups is 1. The molecule has 0 aromatic rings. The minimum absolute atomic E-state index is 0.287. The lowest BCUT2D eigenvalue weighted by Crippen LogP contribution is -2.36. The number of ether oxygens (including phenoxy) is 1. The maximum atomic E-state index is 12.7. The van der Waals surface area contributed by atoms with E-state index in [1.165, 1.54) is 19.3 Å². The summed E-state index contributed by atoms with van der Waals surface area (Å²) in [5.74, 6) is 0.824. The van der Waals surface area contributed by atoms with E-state index in [2.05, 4.69) is 12.6 Å². The highest BCUT2D eigenvalue weighted by Crippen LogP contribution is 2.59. The number of halogens is 2. The lowest BCUT2D eigenvalue weighted by atomic mass is 9.80. The van der Waals surface area contributed by atoms with Gasteiger partial charge in [0.25, 0.3) is 0 Å². The van der Waals surface area contributed by atoms with E-state index in [1.807, 2.05) is 0 Å². The van der Waals surface area contributed by atoms with E-state index in [0.717, 1.165) is 18.8 Å². The van der Waals surface area contributed by atoms with Crippen molar-refractivity contribution < 1.29 is 18.3 Å². The van der Waals surface area contributed by atoms with Crippen LogP contribution in [0.5, 0.6) is 0 Å². The first-order valence-corrected chi connectivity index (χ1v) is 6.73. The van der Waals surface area contributed by atoms with Gasteiger partial charge < -0.3 is 4.74 Å². The zero-order valence-electron chi connectivity index (χ0n) is 9.44. The zero-order chi connectivity index (χ0) is 12.2. The van der Waals surface area contributed by atoms with Crippen LogP contribution in [0.1, 0.15) is 32.1 Å². The first-order chi connectivity index (χ1) is 7.97. The highest BCUT2D eigenvalue weighted by atomic mass is 32.1. The molecule has 3 aliphatic rings. The third-order valence-electron chi connectivity index (χ3n) is 4.87. The molecule has 5 atom stereocenters. The minimum Gasteiger partial charge on any atom is -0.457 e. The van der Waals surface area contributed by atoms with Crippen molar-refractivity contribution >= 4 is 18.6 Å². The second-order valence-electron chi connectivity index (χ2n) is 5.64. The van der Waals surface area contributed by atoms with Crippen LogP contribution in [0.2, 0.25) is 0 Å². The molecule has 0 saturated heterocycles. The predicted octanol–water partition coefficient (Wildman–Crippen LogP) is 2.88. The standard InChI is InChI=1S/C12H16F2O2S/c13-12(14,17)11(15)16-10-5-6-4-9(10)8-3-1-2-7(6)8/h6-10,17H,1-5H2. The largest absolute Gasteiger partial charge is 0.457 e. The summed E-state index contributed by atoms with van der Waals surface area (Å²) in [6, 6.07) is 0. The number of alkyl halides is 2. The van der Waals surface area contributed by atoms with Crippen LogP contribution in [0, 0.1) is 23.7 Å². The van der Waals surface area contributed by atoms with Gasteiger partial charge in [0, 0.05) is 0 Å². The molecular weight excluding hydrogens is 246 g/mol. The molecule has 5 heteroatoms. The second-order valence-corrected chi connectivity index (χ2v) is 6.20. The van der Waals surface area contributed by atoms with E-state index < -0.39 is 11.2 Å². The van der Waals surface area contributed by atoms with Gasteiger partial charge in [0.1, 0.15) is 6.10 Å². The average molecular weight is 262 g/mol. The molecule has 2 bridgehead atoms. The smallest absolute Gasteiger partial charge is 0.388 e. The monoisotopic (exact) mass is 262 g/mol. The molecule has 0 amide bonds. The molecule has 3 rings (SSSR count). The fraction of sp³-hybridized carbons (Fsp3) is 0.917. The summed E-state index contributed by atoms with van der Waals surface area (Å²) in [7, 11) is 0. The molecule has 0 aliphatic heterocycles. The van der Waals surface area contributed by atoms with Crippen LogP contribution in [0.25, 0.3) is 0 Å². The SMILES string of the molecule is O=C(OC1CC2CC1C1CCCC21)C(F)(F)S. The summed E-state index contributed by atoms with van der Waals surface area (Å²) in [5.41, 5.74) is 0. The van der Waals surface area contributed by atoms with Crippen molar-refractivity contribution in [2.45, 2.75) is 43.5 Å². The van der Waals surface area contributed by atoms with Crippen LogP contribution in [-0.2, 0) is 9.53 Å². The van der Waals surface area contributed by atoms with Crippen LogP contribution in [0.4, 0.5) is 8.78 Å². The van der Waals surface area contributed by atoms with Gasteiger partial charge in [0.15, 0.2) is 0 Å². The summed E-state index contributed by atoms with van der Waals surface area (Å²) in [4.78, 5) is 11.1. The van der Waals surface area contributed by atoms with Gasteiger partial charge in [-0.1, -0.05) is 19.0 Å². The first kappa shape index (κ1) is 11.8. The van der Waals surface area contributed by atoms with Crippen LogP contribution in [0.15, 0.2) is 0 Å². The van der Waals surface area contributed by atoms with Gasteiger partial charge in [-0.15, -0.1) is 0 Å². The maximum Gasteiger partial charge on any atom is 0.388 e. The van der Waals surface area contributed by atoms with Crippen molar-refractivity contribution in [1.29, 1.82) is 0 Å². The van der Waals surface area contributed by atoms with Crippen LogP contribution in [-0.4, -0.2) is 17.3 Å². The molecule has 96 valence electrons. The molecule has 0 N–H and O–H groups in total. The Bertz CT molecular complexity index is 342. The molecule has 2 nitrogen and oxygen atoms in total. The molecule has 17 heavy (non-hydrogen) atoms. The van der Waals surface area contributed by atoms with E-state index in [0.29, 0.717) is 17.8 Å². The maximum absolute atomic E-state index is 12.7. The van der Waals surface area contributed by atoms with Gasteiger partial charge in [-0.25, -0.2) is 4.79 Å². The Hall–Kier alpha value is -0.320. The van der Waals surface area contributed by atoms with E-state index >= 15 is 0 Å². The number of carbonyl (C=O) groups excluding carboxylic acids is 1. The summed E-state index contributed by atoms with van der Waals surface area (Å²) < 4.78 is 30.3. The Kier molecular flexibility index (Phi) is 2.65. The highest BCUT2D eigenvalue weighted by molar-refractivity contribution is 7.82. The van der Waals surface area contributed by atoms with E-state index in [1.54, 1.807) is 0 Å². The van der Waals surface area contributed by atoms with E-state index in [9.17, 15) is 13.6 Å². The summed E-state index contributed by atoms with van der Waals surface area (Å²) in [6.45, 7) is 0. The lowest BCUT2D eigenvalue weighted by molar-refractivity contribution is -0.169. The summed E-state index contributed by atoms with van der Waals surface area (Å²) in [6.07, 6.45) is 5.25. The zero-order valence-corrected chi connectivity index (χ0v) is 10.3. The minimum atomic E-state index is -3.66. The van der Waals surface area contributed by atoms with Crippen LogP contribution in [0.3, 0.4) is 0 Å². The average Bonchev–Trinajstić information content (AvgIpc) is 2.85. The summed E-state index contributed by atoms with van der Waals surface area (Å²) in [5, 5.41) is -3.66. The van der Waals surface area contributed by atoms with Crippen molar-refractivity contribution in [2.24, 2.45) is 23.7 Å². The lowest BCUT2D eigenvalue weighted by Gasteiger charge is -2.31. The Balaban J connectivity index is 1.66. The fourth-order valence-electron chi connectivity index (χ4n) is 4.35. The van der Waals surface area contributed by atoms with Gasteiger partial charge in [0.2, 0.25) is 0 Å². The third-order valence-corrected chi connectivity index (χ3v) is 5.05. The summed E-state index contributed by atoms with van der Waals surface area (Å²) >= 11 is 2.96. The Morgan fingerprint density at radius 1 is 1.18 bits per heavy atom. The topological polar surface area (TPSA) is 26.3 Å². The van der Waals surface area contributed by atoms with Gasteiger partial charge in [0.05, 0.1) is 0 Å². The van der Waals surface area contributed by atoms with Crippen molar-refractivity contribution in [3.8, 4) is 0 Å². The number of hydrogen-bond acceptors (Lipinski definition) is 3. The fourth-order valence-corrected chi connectivity index (χ4v) is 4.40. The highest BCUT2D eigenvalue weighted by Gasteiger charge is 2.56. The number of esters is 1. The molecule has 3 fully saturated rings. The van der Waals surface area contributed by atoms with Gasteiger partial charge >= 0.3 is 11.2 Å². The molecule has 5 unspecified atom stereocenters. The predicted molar refractivity (Wildman–Crippen MR) is 60.9 cm³/mol. The molecule has 0 spiro atoms. The van der Waals surface area contributed by atoms with Gasteiger partial charge in [-0.2, -0.15) is 8.78 Å². The Morgan fingerprint density at radius 3 is 2.59 bits per heavy atom.